The van der Waals surface area contributed by atoms with Crippen LogP contribution in [0.25, 0.3) is 0 Å². The minimum absolute atomic E-state index is 0.0204. The molecule has 4 rings (SSSR count). The van der Waals surface area contributed by atoms with Crippen LogP contribution >= 0.6 is 0 Å². The van der Waals surface area contributed by atoms with Gasteiger partial charge in [0.2, 0.25) is 0 Å². The molecule has 5 nitrogen and oxygen atoms in total. The van der Waals surface area contributed by atoms with Crippen molar-refractivity contribution in [3.05, 3.63) is 95.6 Å². The summed E-state index contributed by atoms with van der Waals surface area (Å²) in [7, 11) is 0. The molecular weight excluding hydrogens is 402 g/mol. The van der Waals surface area contributed by atoms with E-state index in [9.17, 15) is 9.59 Å². The van der Waals surface area contributed by atoms with E-state index in [1.165, 1.54) is 6.42 Å². The molecule has 5 heteroatoms. The Morgan fingerprint density at radius 2 is 1.56 bits per heavy atom. The number of esters is 1. The first kappa shape index (κ1) is 21.6. The molecule has 0 atom stereocenters. The Kier molecular flexibility index (Phi) is 7.18. The molecule has 3 aromatic carbocycles. The van der Waals surface area contributed by atoms with Crippen molar-refractivity contribution in [2.75, 3.05) is 5.32 Å². The van der Waals surface area contributed by atoms with Gasteiger partial charge in [0.05, 0.1) is 5.56 Å². The van der Waals surface area contributed by atoms with Crippen molar-refractivity contribution in [1.29, 1.82) is 0 Å². The molecule has 0 radical (unpaired) electrons. The predicted octanol–water partition coefficient (Wildman–Crippen LogP) is 6.01. The fourth-order valence-electron chi connectivity index (χ4n) is 3.76. The Bertz CT molecular complexity index is 1040. The summed E-state index contributed by atoms with van der Waals surface area (Å²) in [6.07, 6.45) is 5.34. The minimum Gasteiger partial charge on any atom is -0.489 e. The number of carbonyl (C=O) groups excluding carboxylic acids is 2. The SMILES string of the molecule is O=C(Nc1ccc(C(=O)OC2CCCCC2)cc1)c1cccc(OCc2ccccc2)c1. The van der Waals surface area contributed by atoms with Gasteiger partial charge in [-0.15, -0.1) is 0 Å². The van der Waals surface area contributed by atoms with E-state index < -0.39 is 0 Å². The van der Waals surface area contributed by atoms with E-state index in [4.69, 9.17) is 9.47 Å². The van der Waals surface area contributed by atoms with E-state index in [0.29, 0.717) is 29.2 Å². The molecule has 164 valence electrons. The number of amides is 1. The van der Waals surface area contributed by atoms with E-state index in [1.54, 1.807) is 42.5 Å². The van der Waals surface area contributed by atoms with Gasteiger partial charge in [-0.05, 0) is 73.7 Å². The van der Waals surface area contributed by atoms with E-state index in [1.807, 2.05) is 36.4 Å². The molecule has 1 amide bonds. The number of hydrogen-bond acceptors (Lipinski definition) is 4. The van der Waals surface area contributed by atoms with Crippen molar-refractivity contribution in [2.24, 2.45) is 0 Å². The van der Waals surface area contributed by atoms with Gasteiger partial charge in [-0.1, -0.05) is 42.8 Å². The lowest BCUT2D eigenvalue weighted by atomic mass is 9.98. The van der Waals surface area contributed by atoms with Gasteiger partial charge >= 0.3 is 5.97 Å². The largest absolute Gasteiger partial charge is 0.489 e. The van der Waals surface area contributed by atoms with Crippen molar-refractivity contribution in [2.45, 2.75) is 44.8 Å². The van der Waals surface area contributed by atoms with Crippen LogP contribution in [0.5, 0.6) is 5.75 Å². The number of carbonyl (C=O) groups is 2. The number of ether oxygens (including phenoxy) is 2. The van der Waals surface area contributed by atoms with E-state index in [0.717, 1.165) is 31.2 Å². The summed E-state index contributed by atoms with van der Waals surface area (Å²) >= 11 is 0. The highest BCUT2D eigenvalue weighted by molar-refractivity contribution is 6.04. The van der Waals surface area contributed by atoms with Gasteiger partial charge in [-0.3, -0.25) is 4.79 Å². The van der Waals surface area contributed by atoms with E-state index >= 15 is 0 Å². The molecule has 0 aromatic heterocycles. The zero-order valence-electron chi connectivity index (χ0n) is 18.0. The number of rotatable bonds is 7. The third-order valence-electron chi connectivity index (χ3n) is 5.55. The first-order chi connectivity index (χ1) is 15.7. The van der Waals surface area contributed by atoms with Crippen LogP contribution in [0.4, 0.5) is 5.69 Å². The molecule has 3 aromatic rings. The van der Waals surface area contributed by atoms with Crippen molar-refractivity contribution < 1.29 is 19.1 Å². The summed E-state index contributed by atoms with van der Waals surface area (Å²) in [6, 6.07) is 23.7. The van der Waals surface area contributed by atoms with Crippen LogP contribution in [0.2, 0.25) is 0 Å². The maximum absolute atomic E-state index is 12.7. The molecule has 0 heterocycles. The maximum Gasteiger partial charge on any atom is 0.338 e. The fourth-order valence-corrected chi connectivity index (χ4v) is 3.76. The average molecular weight is 430 g/mol. The standard InChI is InChI=1S/C27H27NO4/c29-26(22-10-7-13-25(18-22)31-19-20-8-3-1-4-9-20)28-23-16-14-21(15-17-23)27(30)32-24-11-5-2-6-12-24/h1,3-4,7-10,13-18,24H,2,5-6,11-12,19H2,(H,28,29). The summed E-state index contributed by atoms with van der Waals surface area (Å²) in [5.41, 5.74) is 2.66. The molecule has 0 spiro atoms. The van der Waals surface area contributed by atoms with Gasteiger partial charge in [0.25, 0.3) is 5.91 Å². The highest BCUT2D eigenvalue weighted by Gasteiger charge is 2.18. The second-order valence-electron chi connectivity index (χ2n) is 8.00. The number of hydrogen-bond donors (Lipinski definition) is 1. The summed E-state index contributed by atoms with van der Waals surface area (Å²) in [5.74, 6) is 0.0769. The van der Waals surface area contributed by atoms with E-state index in [-0.39, 0.29) is 18.0 Å². The summed E-state index contributed by atoms with van der Waals surface area (Å²) in [5, 5.41) is 2.86. The second kappa shape index (κ2) is 10.6. The molecular formula is C27H27NO4. The van der Waals surface area contributed by atoms with Crippen LogP contribution < -0.4 is 10.1 Å². The van der Waals surface area contributed by atoms with E-state index in [2.05, 4.69) is 5.32 Å². The Hall–Kier alpha value is -3.60. The minimum atomic E-state index is -0.307. The molecule has 1 saturated carbocycles. The fraction of sp³-hybridized carbons (Fsp3) is 0.259. The number of anilines is 1. The van der Waals surface area contributed by atoms with Crippen LogP contribution in [0.1, 0.15) is 58.4 Å². The molecule has 1 aliphatic rings. The highest BCUT2D eigenvalue weighted by Crippen LogP contribution is 2.22. The lowest BCUT2D eigenvalue weighted by Gasteiger charge is -2.21. The second-order valence-corrected chi connectivity index (χ2v) is 8.00. The summed E-state index contributed by atoms with van der Waals surface area (Å²) < 4.78 is 11.4. The van der Waals surface area contributed by atoms with Gasteiger partial charge in [0.15, 0.2) is 0 Å². The quantitative estimate of drug-likeness (QED) is 0.467. The number of nitrogens with one attached hydrogen (secondary N) is 1. The lowest BCUT2D eigenvalue weighted by Crippen LogP contribution is -2.21. The van der Waals surface area contributed by atoms with Gasteiger partial charge < -0.3 is 14.8 Å². The zero-order chi connectivity index (χ0) is 22.2. The van der Waals surface area contributed by atoms with Gasteiger partial charge in [0.1, 0.15) is 18.5 Å². The molecule has 0 bridgehead atoms. The van der Waals surface area contributed by atoms with Crippen molar-refractivity contribution in [3.8, 4) is 5.75 Å². The predicted molar refractivity (Wildman–Crippen MR) is 124 cm³/mol. The van der Waals surface area contributed by atoms with Crippen LogP contribution in [-0.4, -0.2) is 18.0 Å². The lowest BCUT2D eigenvalue weighted by molar-refractivity contribution is 0.0211. The van der Waals surface area contributed by atoms with Gasteiger partial charge in [-0.2, -0.15) is 0 Å². The Morgan fingerprint density at radius 1 is 0.812 bits per heavy atom. The summed E-state index contributed by atoms with van der Waals surface area (Å²) in [6.45, 7) is 0.435. The monoisotopic (exact) mass is 429 g/mol. The molecule has 0 aliphatic heterocycles. The maximum atomic E-state index is 12.7. The molecule has 1 aliphatic carbocycles. The van der Waals surface area contributed by atoms with Crippen LogP contribution in [0, 0.1) is 0 Å². The zero-order valence-corrected chi connectivity index (χ0v) is 18.0. The average Bonchev–Trinajstić information content (AvgIpc) is 2.84. The molecule has 0 saturated heterocycles. The molecule has 1 fully saturated rings. The first-order valence-corrected chi connectivity index (χ1v) is 11.1. The van der Waals surface area contributed by atoms with Gasteiger partial charge in [-0.25, -0.2) is 4.79 Å². The highest BCUT2D eigenvalue weighted by atomic mass is 16.5. The topological polar surface area (TPSA) is 64.6 Å². The number of benzene rings is 3. The van der Waals surface area contributed by atoms with Crippen molar-refractivity contribution >= 4 is 17.6 Å². The third-order valence-corrected chi connectivity index (χ3v) is 5.55. The molecule has 1 N–H and O–H groups in total. The van der Waals surface area contributed by atoms with Crippen molar-refractivity contribution in [3.63, 3.8) is 0 Å². The van der Waals surface area contributed by atoms with Crippen molar-refractivity contribution in [1.82, 2.24) is 0 Å². The molecule has 0 unspecified atom stereocenters. The summed E-state index contributed by atoms with van der Waals surface area (Å²) in [4.78, 5) is 25.0. The van der Waals surface area contributed by atoms with Crippen LogP contribution in [0.15, 0.2) is 78.9 Å². The Labute approximate surface area is 188 Å². The van der Waals surface area contributed by atoms with Crippen LogP contribution in [0.3, 0.4) is 0 Å². The Balaban J connectivity index is 1.32. The Morgan fingerprint density at radius 3 is 2.31 bits per heavy atom. The first-order valence-electron chi connectivity index (χ1n) is 11.1. The van der Waals surface area contributed by atoms with Crippen LogP contribution in [-0.2, 0) is 11.3 Å². The smallest absolute Gasteiger partial charge is 0.338 e. The van der Waals surface area contributed by atoms with Gasteiger partial charge in [0, 0.05) is 11.3 Å². The molecule has 32 heavy (non-hydrogen) atoms. The normalized spacial score (nSPS) is 13.9. The third kappa shape index (κ3) is 5.97.